The van der Waals surface area contributed by atoms with Gasteiger partial charge in [-0.25, -0.2) is 0 Å². The predicted molar refractivity (Wildman–Crippen MR) is 261 cm³/mol. The normalized spacial score (nSPS) is 12.7. The summed E-state index contributed by atoms with van der Waals surface area (Å²) in [6.07, 6.45) is 63.7. The highest BCUT2D eigenvalue weighted by Gasteiger charge is 2.17. The lowest BCUT2D eigenvalue weighted by Gasteiger charge is -2.18. The van der Waals surface area contributed by atoms with Crippen molar-refractivity contribution in [1.82, 2.24) is 0 Å². The van der Waals surface area contributed by atoms with E-state index in [1.807, 2.05) is 0 Å². The smallest absolute Gasteiger partial charge is 0.306 e. The Morgan fingerprint density at radius 3 is 1.15 bits per heavy atom. The topological polar surface area (TPSA) is 61.8 Å². The van der Waals surface area contributed by atoms with Crippen LogP contribution in [0.1, 0.15) is 252 Å². The maximum Gasteiger partial charge on any atom is 0.306 e. The van der Waals surface area contributed by atoms with E-state index >= 15 is 0 Å². The van der Waals surface area contributed by atoms with Crippen molar-refractivity contribution in [3.8, 4) is 0 Å². The lowest BCUT2D eigenvalue weighted by molar-refractivity contribution is -0.163. The second-order valence-corrected chi connectivity index (χ2v) is 17.1. The molecule has 5 heteroatoms. The summed E-state index contributed by atoms with van der Waals surface area (Å²) < 4.78 is 17.4. The van der Waals surface area contributed by atoms with Crippen LogP contribution in [0.2, 0.25) is 0 Å². The minimum absolute atomic E-state index is 0.0747. The predicted octanol–water partition coefficient (Wildman–Crippen LogP) is 17.3. The molecule has 0 spiro atoms. The standard InChI is InChI=1S/C55H98O5/c1-4-7-10-13-16-19-21-23-25-26-27-28-29-31-33-35-38-41-44-47-50-58-51-53(60-55(57)49-46-43-40-36-18-15-12-9-6-3)52-59-54(56)48-45-42-39-37-34-32-30-24-22-20-17-14-11-8-5-2/h16-17,19-20,23-25,27-28,30,53H,4-15,18,21-22,26,29,31-52H2,1-3H3/b19-16-,20-17-,25-23-,28-27-,30-24-. The van der Waals surface area contributed by atoms with Gasteiger partial charge in [0.05, 0.1) is 6.61 Å². The van der Waals surface area contributed by atoms with Gasteiger partial charge in [0.25, 0.3) is 0 Å². The molecule has 0 rings (SSSR count). The molecule has 0 aromatic rings. The molecule has 0 aromatic heterocycles. The molecule has 0 amide bonds. The molecule has 0 aromatic carbocycles. The van der Waals surface area contributed by atoms with E-state index in [4.69, 9.17) is 14.2 Å². The first-order valence-corrected chi connectivity index (χ1v) is 25.8. The fourth-order valence-electron chi connectivity index (χ4n) is 7.13. The number of rotatable bonds is 47. The maximum absolute atomic E-state index is 12.7. The molecule has 348 valence electrons. The van der Waals surface area contributed by atoms with Gasteiger partial charge in [-0.1, -0.05) is 210 Å². The van der Waals surface area contributed by atoms with Gasteiger partial charge in [-0.15, -0.1) is 0 Å². The number of unbranched alkanes of at least 4 members (excludes halogenated alkanes) is 26. The van der Waals surface area contributed by atoms with Gasteiger partial charge in [0.1, 0.15) is 6.61 Å². The van der Waals surface area contributed by atoms with Crippen molar-refractivity contribution in [2.75, 3.05) is 19.8 Å². The largest absolute Gasteiger partial charge is 0.462 e. The molecule has 0 fully saturated rings. The van der Waals surface area contributed by atoms with Crippen molar-refractivity contribution in [2.24, 2.45) is 0 Å². The van der Waals surface area contributed by atoms with E-state index < -0.39 is 6.10 Å². The first-order chi connectivity index (χ1) is 29.6. The zero-order valence-corrected chi connectivity index (χ0v) is 40.0. The number of hydrogen-bond acceptors (Lipinski definition) is 5. The van der Waals surface area contributed by atoms with E-state index in [9.17, 15) is 9.59 Å². The lowest BCUT2D eigenvalue weighted by atomic mass is 10.1. The molecular weight excluding hydrogens is 741 g/mol. The number of allylic oxidation sites excluding steroid dienone is 10. The maximum atomic E-state index is 12.7. The molecule has 5 nitrogen and oxygen atoms in total. The average Bonchev–Trinajstić information content (AvgIpc) is 3.25. The molecule has 0 saturated heterocycles. The van der Waals surface area contributed by atoms with Crippen molar-refractivity contribution in [1.29, 1.82) is 0 Å². The van der Waals surface area contributed by atoms with Gasteiger partial charge in [0.2, 0.25) is 0 Å². The van der Waals surface area contributed by atoms with Gasteiger partial charge in [-0.3, -0.25) is 9.59 Å². The molecule has 1 unspecified atom stereocenters. The Bertz CT molecular complexity index is 1040. The summed E-state index contributed by atoms with van der Waals surface area (Å²) in [5.41, 5.74) is 0. The number of hydrogen-bond donors (Lipinski definition) is 0. The van der Waals surface area contributed by atoms with Crippen LogP contribution in [0.15, 0.2) is 60.8 Å². The molecule has 0 bridgehead atoms. The molecule has 0 heterocycles. The van der Waals surface area contributed by atoms with Crippen LogP contribution in [-0.4, -0.2) is 37.9 Å². The van der Waals surface area contributed by atoms with Crippen LogP contribution in [0.3, 0.4) is 0 Å². The molecule has 0 N–H and O–H groups in total. The van der Waals surface area contributed by atoms with Crippen molar-refractivity contribution < 1.29 is 23.8 Å². The van der Waals surface area contributed by atoms with Crippen LogP contribution >= 0.6 is 0 Å². The first kappa shape index (κ1) is 57.6. The summed E-state index contributed by atoms with van der Waals surface area (Å²) in [5, 5.41) is 0. The Hall–Kier alpha value is -2.40. The average molecular weight is 839 g/mol. The van der Waals surface area contributed by atoms with Gasteiger partial charge in [-0.05, 0) is 89.9 Å². The number of esters is 2. The highest BCUT2D eigenvalue weighted by atomic mass is 16.6. The molecule has 1 atom stereocenters. The third kappa shape index (κ3) is 48.3. The summed E-state index contributed by atoms with van der Waals surface area (Å²) in [4.78, 5) is 25.3. The van der Waals surface area contributed by atoms with Crippen molar-refractivity contribution >= 4 is 11.9 Å². The third-order valence-corrected chi connectivity index (χ3v) is 11.0. The lowest BCUT2D eigenvalue weighted by Crippen LogP contribution is -2.30. The minimum atomic E-state index is -0.544. The second kappa shape index (κ2) is 51.0. The molecular formula is C55H98O5. The molecule has 0 radical (unpaired) electrons. The zero-order chi connectivity index (χ0) is 43.5. The molecule has 0 saturated carbocycles. The molecule has 0 aliphatic carbocycles. The number of carbonyl (C=O) groups is 2. The summed E-state index contributed by atoms with van der Waals surface area (Å²) in [7, 11) is 0. The zero-order valence-electron chi connectivity index (χ0n) is 40.0. The van der Waals surface area contributed by atoms with Crippen LogP contribution in [0.5, 0.6) is 0 Å². The van der Waals surface area contributed by atoms with E-state index in [2.05, 4.69) is 81.5 Å². The quantitative estimate of drug-likeness (QED) is 0.0347. The van der Waals surface area contributed by atoms with Crippen molar-refractivity contribution in [2.45, 2.75) is 258 Å². The highest BCUT2D eigenvalue weighted by molar-refractivity contribution is 5.70. The summed E-state index contributed by atoms with van der Waals surface area (Å²) in [6.45, 7) is 7.74. The van der Waals surface area contributed by atoms with Gasteiger partial charge in [0, 0.05) is 19.4 Å². The van der Waals surface area contributed by atoms with Crippen LogP contribution in [0.4, 0.5) is 0 Å². The third-order valence-electron chi connectivity index (χ3n) is 11.0. The van der Waals surface area contributed by atoms with E-state index in [0.29, 0.717) is 19.4 Å². The van der Waals surface area contributed by atoms with Crippen molar-refractivity contribution in [3.05, 3.63) is 60.8 Å². The number of carbonyl (C=O) groups excluding carboxylic acids is 2. The van der Waals surface area contributed by atoms with Crippen LogP contribution in [0, 0.1) is 0 Å². The van der Waals surface area contributed by atoms with Gasteiger partial charge < -0.3 is 14.2 Å². The SMILES string of the molecule is CCCCC/C=C\C/C=C\C/C=C\CCCCCCCCCOCC(COC(=O)CCCCCCC/C=C\C/C=C\CCCCC)OC(=O)CCCCCCCCCCC. The highest BCUT2D eigenvalue weighted by Crippen LogP contribution is 2.14. The molecule has 60 heavy (non-hydrogen) atoms. The Labute approximate surface area is 373 Å². The minimum Gasteiger partial charge on any atom is -0.462 e. The van der Waals surface area contributed by atoms with Gasteiger partial charge in [0.15, 0.2) is 6.10 Å². The Balaban J connectivity index is 4.21. The Morgan fingerprint density at radius 1 is 0.367 bits per heavy atom. The van der Waals surface area contributed by atoms with E-state index in [1.54, 1.807) is 0 Å². The van der Waals surface area contributed by atoms with Crippen LogP contribution < -0.4 is 0 Å². The first-order valence-electron chi connectivity index (χ1n) is 25.8. The van der Waals surface area contributed by atoms with E-state index in [0.717, 1.165) is 70.6 Å². The fraction of sp³-hybridized carbons (Fsp3) is 0.782. The summed E-state index contributed by atoms with van der Waals surface area (Å²) in [5.74, 6) is -0.416. The molecule has 0 aliphatic heterocycles. The Kier molecular flexibility index (Phi) is 48.9. The molecule has 0 aliphatic rings. The summed E-state index contributed by atoms with van der Waals surface area (Å²) >= 11 is 0. The van der Waals surface area contributed by atoms with E-state index in [1.165, 1.54) is 148 Å². The van der Waals surface area contributed by atoms with Gasteiger partial charge >= 0.3 is 11.9 Å². The monoisotopic (exact) mass is 839 g/mol. The van der Waals surface area contributed by atoms with E-state index in [-0.39, 0.29) is 25.2 Å². The Morgan fingerprint density at radius 2 is 0.700 bits per heavy atom. The fourth-order valence-corrected chi connectivity index (χ4v) is 7.13. The second-order valence-electron chi connectivity index (χ2n) is 17.1. The van der Waals surface area contributed by atoms with Crippen molar-refractivity contribution in [3.63, 3.8) is 0 Å². The van der Waals surface area contributed by atoms with Crippen LogP contribution in [0.25, 0.3) is 0 Å². The van der Waals surface area contributed by atoms with Crippen LogP contribution in [-0.2, 0) is 23.8 Å². The number of ether oxygens (including phenoxy) is 3. The summed E-state index contributed by atoms with van der Waals surface area (Å²) in [6, 6.07) is 0. The van der Waals surface area contributed by atoms with Gasteiger partial charge in [-0.2, -0.15) is 0 Å².